The molecule has 1 aromatic carbocycles. The quantitative estimate of drug-likeness (QED) is 0.932. The Labute approximate surface area is 121 Å². The number of hydrogen-bond acceptors (Lipinski definition) is 4. The van der Waals surface area contributed by atoms with Crippen molar-refractivity contribution in [3.05, 3.63) is 34.3 Å². The number of aromatic nitrogens is 1. The Bertz CT molecular complexity index is 674. The second kappa shape index (κ2) is 4.90. The van der Waals surface area contributed by atoms with Crippen molar-refractivity contribution in [2.24, 2.45) is 0 Å². The highest BCUT2D eigenvalue weighted by atomic mass is 32.1. The van der Waals surface area contributed by atoms with Crippen LogP contribution in [0.2, 0.25) is 0 Å². The summed E-state index contributed by atoms with van der Waals surface area (Å²) in [7, 11) is 1.62. The molecule has 1 saturated carbocycles. The van der Waals surface area contributed by atoms with Crippen molar-refractivity contribution in [3.63, 3.8) is 0 Å². The maximum absolute atomic E-state index is 11.3. The molecule has 104 valence electrons. The minimum Gasteiger partial charge on any atom is -0.496 e. The van der Waals surface area contributed by atoms with Crippen molar-refractivity contribution < 1.29 is 14.6 Å². The number of methoxy groups -OCH3 is 1. The fourth-order valence-corrected chi connectivity index (χ4v) is 3.23. The van der Waals surface area contributed by atoms with Gasteiger partial charge >= 0.3 is 5.97 Å². The van der Waals surface area contributed by atoms with E-state index in [1.807, 2.05) is 25.1 Å². The van der Waals surface area contributed by atoms with Gasteiger partial charge < -0.3 is 9.84 Å². The molecule has 5 heteroatoms. The Morgan fingerprint density at radius 2 is 2.20 bits per heavy atom. The molecule has 0 radical (unpaired) electrons. The van der Waals surface area contributed by atoms with Gasteiger partial charge in [0.1, 0.15) is 15.6 Å². The average Bonchev–Trinajstić information content (AvgIpc) is 3.17. The molecule has 4 nitrogen and oxygen atoms in total. The molecular formula is C15H15NO3S. The second-order valence-corrected chi connectivity index (χ2v) is 6.02. The predicted molar refractivity (Wildman–Crippen MR) is 77.8 cm³/mol. The van der Waals surface area contributed by atoms with E-state index in [1.165, 1.54) is 11.3 Å². The lowest BCUT2D eigenvalue weighted by Gasteiger charge is -2.06. The van der Waals surface area contributed by atoms with Crippen molar-refractivity contribution in [1.82, 2.24) is 4.98 Å². The van der Waals surface area contributed by atoms with Crippen LogP contribution in [0.1, 0.15) is 39.7 Å². The monoisotopic (exact) mass is 289 g/mol. The highest BCUT2D eigenvalue weighted by molar-refractivity contribution is 7.17. The van der Waals surface area contributed by atoms with Crippen molar-refractivity contribution >= 4 is 17.3 Å². The van der Waals surface area contributed by atoms with Gasteiger partial charge in [0.25, 0.3) is 0 Å². The van der Waals surface area contributed by atoms with Crippen LogP contribution in [0.5, 0.6) is 5.75 Å². The van der Waals surface area contributed by atoms with Gasteiger partial charge in [0.05, 0.1) is 18.4 Å². The summed E-state index contributed by atoms with van der Waals surface area (Å²) in [5, 5.41) is 10.0. The van der Waals surface area contributed by atoms with Crippen molar-refractivity contribution in [1.29, 1.82) is 0 Å². The number of hydrogen-bond donors (Lipinski definition) is 1. The predicted octanol–water partition coefficient (Wildman–Crippen LogP) is 3.70. The van der Waals surface area contributed by atoms with E-state index >= 15 is 0 Å². The smallest absolute Gasteiger partial charge is 0.347 e. The van der Waals surface area contributed by atoms with Gasteiger partial charge in [0, 0.05) is 5.92 Å². The van der Waals surface area contributed by atoms with E-state index < -0.39 is 5.97 Å². The summed E-state index contributed by atoms with van der Waals surface area (Å²) < 4.78 is 5.39. The number of rotatable bonds is 4. The molecule has 0 bridgehead atoms. The van der Waals surface area contributed by atoms with E-state index in [0.29, 0.717) is 10.8 Å². The summed E-state index contributed by atoms with van der Waals surface area (Å²) in [6.45, 7) is 1.99. The van der Waals surface area contributed by atoms with Gasteiger partial charge in [0.2, 0.25) is 0 Å². The van der Waals surface area contributed by atoms with Crippen molar-refractivity contribution in [2.75, 3.05) is 7.11 Å². The summed E-state index contributed by atoms with van der Waals surface area (Å²) in [6.07, 6.45) is 2.07. The molecule has 1 N–H and O–H groups in total. The van der Waals surface area contributed by atoms with E-state index in [-0.39, 0.29) is 0 Å². The van der Waals surface area contributed by atoms with Gasteiger partial charge in [-0.2, -0.15) is 0 Å². The average molecular weight is 289 g/mol. The van der Waals surface area contributed by atoms with Crippen LogP contribution in [0.3, 0.4) is 0 Å². The fraction of sp³-hybridized carbons (Fsp3) is 0.333. The molecule has 1 aromatic heterocycles. The van der Waals surface area contributed by atoms with E-state index in [2.05, 4.69) is 4.98 Å². The van der Waals surface area contributed by atoms with Crippen molar-refractivity contribution in [3.8, 4) is 16.3 Å². The molecule has 0 saturated heterocycles. The molecule has 0 unspecified atom stereocenters. The van der Waals surface area contributed by atoms with Crippen LogP contribution >= 0.6 is 11.3 Å². The van der Waals surface area contributed by atoms with E-state index in [0.717, 1.165) is 40.4 Å². The SMILES string of the molecule is COc1cc(C)ccc1-c1nc(C2CC2)c(C(=O)O)s1. The number of nitrogens with zero attached hydrogens (tertiary/aromatic N) is 1. The number of carboxylic acids is 1. The third-order valence-electron chi connectivity index (χ3n) is 3.40. The molecule has 0 aliphatic heterocycles. The molecule has 0 atom stereocenters. The van der Waals surface area contributed by atoms with Crippen LogP contribution in [-0.4, -0.2) is 23.2 Å². The summed E-state index contributed by atoms with van der Waals surface area (Å²) in [4.78, 5) is 16.3. The Morgan fingerprint density at radius 1 is 1.45 bits per heavy atom. The number of carboxylic acid groups (broad SMARTS) is 1. The minimum absolute atomic E-state index is 0.322. The van der Waals surface area contributed by atoms with Crippen LogP contribution in [-0.2, 0) is 0 Å². The molecule has 1 aliphatic carbocycles. The second-order valence-electron chi connectivity index (χ2n) is 5.02. The Kier molecular flexibility index (Phi) is 3.22. The van der Waals surface area contributed by atoms with E-state index in [1.54, 1.807) is 7.11 Å². The van der Waals surface area contributed by atoms with Gasteiger partial charge in [-0.3, -0.25) is 0 Å². The number of aromatic carboxylic acids is 1. The Hall–Kier alpha value is -1.88. The summed E-state index contributed by atoms with van der Waals surface area (Å²) in [6, 6.07) is 5.86. The molecule has 1 heterocycles. The number of thiazole rings is 1. The zero-order chi connectivity index (χ0) is 14.3. The van der Waals surface area contributed by atoms with Crippen LogP contribution < -0.4 is 4.74 Å². The van der Waals surface area contributed by atoms with Gasteiger partial charge in [-0.15, -0.1) is 11.3 Å². The Morgan fingerprint density at radius 3 is 2.80 bits per heavy atom. The first kappa shape index (κ1) is 13.1. The molecule has 0 spiro atoms. The zero-order valence-corrected chi connectivity index (χ0v) is 12.2. The normalized spacial score (nSPS) is 14.3. The lowest BCUT2D eigenvalue weighted by molar-refractivity contribution is 0.0700. The highest BCUT2D eigenvalue weighted by Crippen LogP contribution is 2.45. The molecule has 2 aromatic rings. The Balaban J connectivity index is 2.10. The highest BCUT2D eigenvalue weighted by Gasteiger charge is 2.32. The molecule has 3 rings (SSSR count). The van der Waals surface area contributed by atoms with Gasteiger partial charge in [-0.25, -0.2) is 9.78 Å². The number of carbonyl (C=O) groups is 1. The topological polar surface area (TPSA) is 59.4 Å². The molecule has 1 aliphatic rings. The summed E-state index contributed by atoms with van der Waals surface area (Å²) in [5.41, 5.74) is 2.70. The van der Waals surface area contributed by atoms with E-state index in [9.17, 15) is 9.90 Å². The summed E-state index contributed by atoms with van der Waals surface area (Å²) >= 11 is 1.23. The standard InChI is InChI=1S/C15H15NO3S/c1-8-3-6-10(11(7-8)19-2)14-16-12(9-4-5-9)13(20-14)15(17)18/h3,6-7,9H,4-5H2,1-2H3,(H,17,18). The first-order chi connectivity index (χ1) is 9.60. The lowest BCUT2D eigenvalue weighted by Crippen LogP contribution is -1.97. The first-order valence-electron chi connectivity index (χ1n) is 6.49. The third kappa shape index (κ3) is 2.29. The number of benzene rings is 1. The van der Waals surface area contributed by atoms with Crippen LogP contribution in [0.25, 0.3) is 10.6 Å². The number of aryl methyl sites for hydroxylation is 1. The fourth-order valence-electron chi connectivity index (χ4n) is 2.21. The first-order valence-corrected chi connectivity index (χ1v) is 7.31. The third-order valence-corrected chi connectivity index (χ3v) is 4.49. The maximum atomic E-state index is 11.3. The van der Waals surface area contributed by atoms with E-state index in [4.69, 9.17) is 4.74 Å². The van der Waals surface area contributed by atoms with Gasteiger partial charge in [-0.05, 0) is 37.5 Å². The summed E-state index contributed by atoms with van der Waals surface area (Å²) in [5.74, 6) is 0.169. The molecule has 0 amide bonds. The van der Waals surface area contributed by atoms with Crippen molar-refractivity contribution in [2.45, 2.75) is 25.7 Å². The largest absolute Gasteiger partial charge is 0.496 e. The zero-order valence-electron chi connectivity index (χ0n) is 11.3. The number of ether oxygens (including phenoxy) is 1. The van der Waals surface area contributed by atoms with Crippen LogP contribution in [0, 0.1) is 6.92 Å². The molecule has 20 heavy (non-hydrogen) atoms. The minimum atomic E-state index is -0.887. The molecule has 1 fully saturated rings. The van der Waals surface area contributed by atoms with Gasteiger partial charge in [-0.1, -0.05) is 6.07 Å². The van der Waals surface area contributed by atoms with Gasteiger partial charge in [0.15, 0.2) is 0 Å². The molecular weight excluding hydrogens is 274 g/mol. The lowest BCUT2D eigenvalue weighted by atomic mass is 10.1. The maximum Gasteiger partial charge on any atom is 0.347 e. The van der Waals surface area contributed by atoms with Crippen LogP contribution in [0.4, 0.5) is 0 Å². The van der Waals surface area contributed by atoms with Crippen LogP contribution in [0.15, 0.2) is 18.2 Å².